The van der Waals surface area contributed by atoms with Crippen molar-refractivity contribution in [3.8, 4) is 0 Å². The van der Waals surface area contributed by atoms with Crippen molar-refractivity contribution in [2.75, 3.05) is 13.1 Å². The highest BCUT2D eigenvalue weighted by Crippen LogP contribution is 2.33. The van der Waals surface area contributed by atoms with Crippen LogP contribution in [-0.2, 0) is 12.1 Å². The number of hydrogen-bond acceptors (Lipinski definition) is 4. The SMILES string of the molecule is Cc1cc(CN2CCC(O)(c3ccc(Cl)cc3)CC2)no1. The first-order chi connectivity index (χ1) is 10.0. The van der Waals surface area contributed by atoms with E-state index in [-0.39, 0.29) is 0 Å². The number of piperidine rings is 1. The van der Waals surface area contributed by atoms with Crippen LogP contribution in [0.15, 0.2) is 34.9 Å². The first-order valence-electron chi connectivity index (χ1n) is 7.18. The van der Waals surface area contributed by atoms with Gasteiger partial charge in [-0.2, -0.15) is 0 Å². The molecule has 3 rings (SSSR count). The van der Waals surface area contributed by atoms with Crippen molar-refractivity contribution < 1.29 is 9.63 Å². The van der Waals surface area contributed by atoms with Gasteiger partial charge in [-0.15, -0.1) is 0 Å². The normalized spacial score (nSPS) is 18.8. The zero-order valence-corrected chi connectivity index (χ0v) is 12.8. The lowest BCUT2D eigenvalue weighted by Gasteiger charge is -2.38. The van der Waals surface area contributed by atoms with E-state index in [0.717, 1.165) is 36.7 Å². The number of aliphatic hydroxyl groups is 1. The molecular weight excluding hydrogens is 288 g/mol. The van der Waals surface area contributed by atoms with Crippen molar-refractivity contribution in [3.63, 3.8) is 0 Å². The van der Waals surface area contributed by atoms with Crippen LogP contribution in [0.25, 0.3) is 0 Å². The van der Waals surface area contributed by atoms with Crippen LogP contribution in [0.5, 0.6) is 0 Å². The van der Waals surface area contributed by atoms with E-state index in [1.165, 1.54) is 0 Å². The zero-order chi connectivity index (χ0) is 14.9. The minimum absolute atomic E-state index is 0.696. The van der Waals surface area contributed by atoms with Gasteiger partial charge in [-0.25, -0.2) is 0 Å². The Morgan fingerprint density at radius 2 is 1.95 bits per heavy atom. The van der Waals surface area contributed by atoms with Gasteiger partial charge in [-0.1, -0.05) is 28.9 Å². The molecule has 0 saturated carbocycles. The molecule has 112 valence electrons. The highest BCUT2D eigenvalue weighted by molar-refractivity contribution is 6.30. The monoisotopic (exact) mass is 306 g/mol. The number of nitrogens with zero attached hydrogens (tertiary/aromatic N) is 2. The molecule has 1 aliphatic heterocycles. The van der Waals surface area contributed by atoms with Crippen LogP contribution in [0.2, 0.25) is 5.02 Å². The van der Waals surface area contributed by atoms with Crippen LogP contribution in [0.4, 0.5) is 0 Å². The van der Waals surface area contributed by atoms with Gasteiger partial charge in [-0.05, 0) is 37.5 Å². The molecule has 1 aliphatic rings. The molecule has 1 saturated heterocycles. The van der Waals surface area contributed by atoms with Gasteiger partial charge in [0.2, 0.25) is 0 Å². The van der Waals surface area contributed by atoms with Crippen LogP contribution in [0, 0.1) is 6.92 Å². The Bertz CT molecular complexity index is 601. The first-order valence-corrected chi connectivity index (χ1v) is 7.56. The third-order valence-corrected chi connectivity index (χ3v) is 4.38. The number of likely N-dealkylation sites (tertiary alicyclic amines) is 1. The molecule has 2 aromatic rings. The molecule has 0 radical (unpaired) electrons. The smallest absolute Gasteiger partial charge is 0.133 e. The lowest BCUT2D eigenvalue weighted by molar-refractivity contribution is -0.0281. The molecule has 0 amide bonds. The molecule has 5 heteroatoms. The topological polar surface area (TPSA) is 49.5 Å². The molecule has 4 nitrogen and oxygen atoms in total. The molecule has 21 heavy (non-hydrogen) atoms. The molecule has 2 heterocycles. The lowest BCUT2D eigenvalue weighted by atomic mass is 9.84. The van der Waals surface area contributed by atoms with E-state index in [4.69, 9.17) is 16.1 Å². The number of benzene rings is 1. The Hall–Kier alpha value is -1.36. The van der Waals surface area contributed by atoms with Crippen molar-refractivity contribution in [3.05, 3.63) is 52.4 Å². The van der Waals surface area contributed by atoms with Crippen molar-refractivity contribution in [2.24, 2.45) is 0 Å². The zero-order valence-electron chi connectivity index (χ0n) is 12.1. The van der Waals surface area contributed by atoms with Crippen LogP contribution >= 0.6 is 11.6 Å². The van der Waals surface area contributed by atoms with Gasteiger partial charge in [0.05, 0.1) is 11.3 Å². The second-order valence-electron chi connectivity index (χ2n) is 5.74. The number of halogens is 1. The van der Waals surface area contributed by atoms with Crippen LogP contribution in [-0.4, -0.2) is 28.3 Å². The molecule has 0 atom stereocenters. The standard InChI is InChI=1S/C16H19ClN2O2/c1-12-10-15(18-21-12)11-19-8-6-16(20,7-9-19)13-2-4-14(17)5-3-13/h2-5,10,20H,6-9,11H2,1H3. The molecule has 1 aromatic carbocycles. The molecular formula is C16H19ClN2O2. The van der Waals surface area contributed by atoms with Gasteiger partial charge >= 0.3 is 0 Å². The lowest BCUT2D eigenvalue weighted by Crippen LogP contribution is -2.42. The summed E-state index contributed by atoms with van der Waals surface area (Å²) in [5, 5.41) is 15.5. The molecule has 0 spiro atoms. The van der Waals surface area contributed by atoms with Gasteiger partial charge in [0.1, 0.15) is 5.76 Å². The fourth-order valence-electron chi connectivity index (χ4n) is 2.85. The molecule has 0 bridgehead atoms. The highest BCUT2D eigenvalue weighted by atomic mass is 35.5. The largest absolute Gasteiger partial charge is 0.385 e. The summed E-state index contributed by atoms with van der Waals surface area (Å²) < 4.78 is 5.09. The van der Waals surface area contributed by atoms with E-state index in [1.54, 1.807) is 0 Å². The molecule has 0 unspecified atom stereocenters. The summed E-state index contributed by atoms with van der Waals surface area (Å²) >= 11 is 5.91. The summed E-state index contributed by atoms with van der Waals surface area (Å²) in [5.74, 6) is 0.833. The van der Waals surface area contributed by atoms with Gasteiger partial charge in [0.25, 0.3) is 0 Å². The van der Waals surface area contributed by atoms with E-state index in [2.05, 4.69) is 10.1 Å². The minimum atomic E-state index is -0.749. The number of aromatic nitrogens is 1. The van der Waals surface area contributed by atoms with E-state index >= 15 is 0 Å². The second-order valence-corrected chi connectivity index (χ2v) is 6.18. The predicted molar refractivity (Wildman–Crippen MR) is 81.1 cm³/mol. The average Bonchev–Trinajstić information content (AvgIpc) is 2.88. The fraction of sp³-hybridized carbons (Fsp3) is 0.438. The van der Waals surface area contributed by atoms with Crippen LogP contribution < -0.4 is 0 Å². The Morgan fingerprint density at radius 1 is 1.29 bits per heavy atom. The van der Waals surface area contributed by atoms with Gasteiger partial charge in [-0.3, -0.25) is 4.90 Å². The molecule has 1 N–H and O–H groups in total. The second kappa shape index (κ2) is 5.79. The Balaban J connectivity index is 1.62. The van der Waals surface area contributed by atoms with Gasteiger partial charge < -0.3 is 9.63 Å². The number of rotatable bonds is 3. The van der Waals surface area contributed by atoms with Gasteiger partial charge in [0.15, 0.2) is 0 Å². The minimum Gasteiger partial charge on any atom is -0.385 e. The fourth-order valence-corrected chi connectivity index (χ4v) is 2.98. The number of aryl methyl sites for hydroxylation is 1. The van der Waals surface area contributed by atoms with E-state index in [9.17, 15) is 5.11 Å². The third-order valence-electron chi connectivity index (χ3n) is 4.13. The van der Waals surface area contributed by atoms with Crippen LogP contribution in [0.1, 0.15) is 29.9 Å². The molecule has 1 aromatic heterocycles. The van der Waals surface area contributed by atoms with E-state index in [1.807, 2.05) is 37.3 Å². The summed E-state index contributed by atoms with van der Waals surface area (Å²) in [7, 11) is 0. The first kappa shape index (κ1) is 14.6. The number of hydrogen-bond donors (Lipinski definition) is 1. The summed E-state index contributed by atoms with van der Waals surface area (Å²) in [4.78, 5) is 2.29. The Morgan fingerprint density at radius 3 is 2.52 bits per heavy atom. The maximum absolute atomic E-state index is 10.8. The Kier molecular flexibility index (Phi) is 4.02. The Labute approximate surface area is 129 Å². The predicted octanol–water partition coefficient (Wildman–Crippen LogP) is 3.12. The van der Waals surface area contributed by atoms with Gasteiger partial charge in [0, 0.05) is 30.7 Å². The summed E-state index contributed by atoms with van der Waals surface area (Å²) in [6.45, 7) is 4.34. The average molecular weight is 307 g/mol. The maximum atomic E-state index is 10.8. The van der Waals surface area contributed by atoms with Crippen molar-refractivity contribution in [1.82, 2.24) is 10.1 Å². The summed E-state index contributed by atoms with van der Waals surface area (Å²) in [6.07, 6.45) is 1.43. The highest BCUT2D eigenvalue weighted by Gasteiger charge is 2.34. The quantitative estimate of drug-likeness (QED) is 0.946. The van der Waals surface area contributed by atoms with Crippen molar-refractivity contribution in [2.45, 2.75) is 31.9 Å². The molecule has 0 aliphatic carbocycles. The third kappa shape index (κ3) is 3.28. The van der Waals surface area contributed by atoms with Crippen molar-refractivity contribution in [1.29, 1.82) is 0 Å². The van der Waals surface area contributed by atoms with E-state index in [0.29, 0.717) is 17.9 Å². The summed E-state index contributed by atoms with van der Waals surface area (Å²) in [6, 6.07) is 9.46. The van der Waals surface area contributed by atoms with Crippen LogP contribution in [0.3, 0.4) is 0 Å². The van der Waals surface area contributed by atoms with E-state index < -0.39 is 5.60 Å². The maximum Gasteiger partial charge on any atom is 0.133 e. The molecule has 1 fully saturated rings. The van der Waals surface area contributed by atoms with Crippen molar-refractivity contribution >= 4 is 11.6 Å². The summed E-state index contributed by atoms with van der Waals surface area (Å²) in [5.41, 5.74) is 1.15.